The lowest BCUT2D eigenvalue weighted by molar-refractivity contribution is -0.120. The molecule has 1 atom stereocenters. The van der Waals surface area contributed by atoms with Crippen molar-refractivity contribution in [3.63, 3.8) is 0 Å². The SMILES string of the molecule is Cc1cc2c(cc1F)nc(N)n2C(C)C(N)=O. The molecular weight excluding hydrogens is 223 g/mol. The zero-order chi connectivity index (χ0) is 12.7. The zero-order valence-corrected chi connectivity index (χ0v) is 9.57. The van der Waals surface area contributed by atoms with Gasteiger partial charge in [0.05, 0.1) is 11.0 Å². The number of benzene rings is 1. The van der Waals surface area contributed by atoms with Gasteiger partial charge in [0.1, 0.15) is 11.9 Å². The number of nitrogens with two attached hydrogens (primary N) is 2. The van der Waals surface area contributed by atoms with E-state index < -0.39 is 11.9 Å². The summed E-state index contributed by atoms with van der Waals surface area (Å²) in [5, 5.41) is 0. The van der Waals surface area contributed by atoms with Gasteiger partial charge >= 0.3 is 0 Å². The highest BCUT2D eigenvalue weighted by molar-refractivity contribution is 5.85. The van der Waals surface area contributed by atoms with Crippen LogP contribution in [0.5, 0.6) is 0 Å². The van der Waals surface area contributed by atoms with E-state index in [0.717, 1.165) is 0 Å². The zero-order valence-electron chi connectivity index (χ0n) is 9.57. The summed E-state index contributed by atoms with van der Waals surface area (Å²) in [6.45, 7) is 3.26. The third-order valence-electron chi connectivity index (χ3n) is 2.80. The number of imidazole rings is 1. The van der Waals surface area contributed by atoms with Crippen molar-refractivity contribution in [1.29, 1.82) is 0 Å². The van der Waals surface area contributed by atoms with Gasteiger partial charge in [-0.1, -0.05) is 0 Å². The van der Waals surface area contributed by atoms with Crippen LogP contribution in [-0.4, -0.2) is 15.5 Å². The minimum Gasteiger partial charge on any atom is -0.369 e. The summed E-state index contributed by atoms with van der Waals surface area (Å²) in [6.07, 6.45) is 0. The summed E-state index contributed by atoms with van der Waals surface area (Å²) in [6, 6.07) is 2.28. The molecule has 4 N–H and O–H groups in total. The summed E-state index contributed by atoms with van der Waals surface area (Å²) >= 11 is 0. The highest BCUT2D eigenvalue weighted by atomic mass is 19.1. The highest BCUT2D eigenvalue weighted by Crippen LogP contribution is 2.25. The van der Waals surface area contributed by atoms with Crippen molar-refractivity contribution in [3.8, 4) is 0 Å². The molecule has 1 aromatic heterocycles. The summed E-state index contributed by atoms with van der Waals surface area (Å²) in [5.41, 5.74) is 12.4. The Bertz CT molecular complexity index is 605. The van der Waals surface area contributed by atoms with Crippen molar-refractivity contribution in [2.45, 2.75) is 19.9 Å². The Hall–Kier alpha value is -2.11. The number of amides is 1. The lowest BCUT2D eigenvalue weighted by Gasteiger charge is -2.12. The van der Waals surface area contributed by atoms with Crippen molar-refractivity contribution in [2.75, 3.05) is 5.73 Å². The third-order valence-corrected chi connectivity index (χ3v) is 2.80. The first-order valence-corrected chi connectivity index (χ1v) is 5.14. The molecule has 5 nitrogen and oxygen atoms in total. The van der Waals surface area contributed by atoms with Crippen molar-refractivity contribution in [1.82, 2.24) is 9.55 Å². The van der Waals surface area contributed by atoms with Gasteiger partial charge in [0.25, 0.3) is 0 Å². The number of fused-ring (bicyclic) bond motifs is 1. The van der Waals surface area contributed by atoms with Gasteiger partial charge in [-0.15, -0.1) is 0 Å². The number of anilines is 1. The van der Waals surface area contributed by atoms with E-state index >= 15 is 0 Å². The normalized spacial score (nSPS) is 12.9. The maximum Gasteiger partial charge on any atom is 0.240 e. The molecule has 1 aromatic carbocycles. The van der Waals surface area contributed by atoms with Crippen molar-refractivity contribution < 1.29 is 9.18 Å². The number of halogens is 1. The molecular formula is C11H13FN4O. The van der Waals surface area contributed by atoms with Gasteiger partial charge in [0.15, 0.2) is 0 Å². The van der Waals surface area contributed by atoms with Crippen LogP contribution in [0.15, 0.2) is 12.1 Å². The lowest BCUT2D eigenvalue weighted by atomic mass is 10.2. The fraction of sp³-hybridized carbons (Fsp3) is 0.273. The average Bonchev–Trinajstić information content (AvgIpc) is 2.53. The van der Waals surface area contributed by atoms with Crippen LogP contribution in [0.25, 0.3) is 11.0 Å². The van der Waals surface area contributed by atoms with Crippen molar-refractivity contribution in [2.24, 2.45) is 5.73 Å². The monoisotopic (exact) mass is 236 g/mol. The van der Waals surface area contributed by atoms with Gasteiger partial charge in [0, 0.05) is 6.07 Å². The van der Waals surface area contributed by atoms with Crippen LogP contribution in [0, 0.1) is 12.7 Å². The first kappa shape index (κ1) is 11.4. The Morgan fingerprint density at radius 3 is 2.76 bits per heavy atom. The molecule has 2 aromatic rings. The van der Waals surface area contributed by atoms with E-state index in [2.05, 4.69) is 4.98 Å². The quantitative estimate of drug-likeness (QED) is 0.818. The maximum absolute atomic E-state index is 13.4. The van der Waals surface area contributed by atoms with Gasteiger partial charge in [-0.05, 0) is 25.5 Å². The Morgan fingerprint density at radius 2 is 2.18 bits per heavy atom. The van der Waals surface area contributed by atoms with Crippen LogP contribution in [0.2, 0.25) is 0 Å². The first-order chi connectivity index (χ1) is 7.91. The minimum atomic E-state index is -0.620. The number of nitrogens with zero attached hydrogens (tertiary/aromatic N) is 2. The molecule has 0 aliphatic rings. The second kappa shape index (κ2) is 3.73. The van der Waals surface area contributed by atoms with Crippen LogP contribution in [-0.2, 0) is 4.79 Å². The molecule has 1 amide bonds. The molecule has 0 aliphatic heterocycles. The highest BCUT2D eigenvalue weighted by Gasteiger charge is 2.18. The average molecular weight is 236 g/mol. The van der Waals surface area contributed by atoms with Gasteiger partial charge in [0.2, 0.25) is 11.9 Å². The molecule has 0 bridgehead atoms. The molecule has 0 saturated carbocycles. The number of aromatic nitrogens is 2. The second-order valence-electron chi connectivity index (χ2n) is 4.01. The molecule has 2 rings (SSSR count). The molecule has 0 radical (unpaired) electrons. The number of rotatable bonds is 2. The molecule has 0 aliphatic carbocycles. The smallest absolute Gasteiger partial charge is 0.240 e. The third kappa shape index (κ3) is 1.71. The molecule has 0 spiro atoms. The number of aryl methyl sites for hydroxylation is 1. The molecule has 1 heterocycles. The van der Waals surface area contributed by atoms with E-state index in [1.54, 1.807) is 19.9 Å². The number of nitrogen functional groups attached to an aromatic ring is 1. The van der Waals surface area contributed by atoms with Crippen LogP contribution < -0.4 is 11.5 Å². The number of hydrogen-bond acceptors (Lipinski definition) is 3. The predicted octanol–water partition coefficient (Wildman–Crippen LogP) is 1.11. The Kier molecular flexibility index (Phi) is 2.49. The number of primary amides is 1. The molecule has 0 saturated heterocycles. The maximum atomic E-state index is 13.4. The minimum absolute atomic E-state index is 0.149. The lowest BCUT2D eigenvalue weighted by Crippen LogP contribution is -2.24. The van der Waals surface area contributed by atoms with E-state index in [4.69, 9.17) is 11.5 Å². The Labute approximate surface area is 97.2 Å². The van der Waals surface area contributed by atoms with Gasteiger partial charge in [-0.3, -0.25) is 9.36 Å². The summed E-state index contributed by atoms with van der Waals surface area (Å²) in [4.78, 5) is 15.2. The van der Waals surface area contributed by atoms with Crippen molar-refractivity contribution >= 4 is 22.9 Å². The molecule has 17 heavy (non-hydrogen) atoms. The van der Waals surface area contributed by atoms with Gasteiger partial charge in [-0.2, -0.15) is 0 Å². The molecule has 6 heteroatoms. The van der Waals surface area contributed by atoms with E-state index in [-0.39, 0.29) is 11.8 Å². The summed E-state index contributed by atoms with van der Waals surface area (Å²) in [5.74, 6) is -0.719. The largest absolute Gasteiger partial charge is 0.369 e. The van der Waals surface area contributed by atoms with E-state index in [9.17, 15) is 9.18 Å². The number of hydrogen-bond donors (Lipinski definition) is 2. The van der Waals surface area contributed by atoms with Crippen LogP contribution in [0.4, 0.5) is 10.3 Å². The summed E-state index contributed by atoms with van der Waals surface area (Å²) in [7, 11) is 0. The Balaban J connectivity index is 2.75. The van der Waals surface area contributed by atoms with Crippen LogP contribution >= 0.6 is 0 Å². The Morgan fingerprint density at radius 1 is 1.53 bits per heavy atom. The van der Waals surface area contributed by atoms with E-state index in [0.29, 0.717) is 16.6 Å². The molecule has 0 fully saturated rings. The van der Waals surface area contributed by atoms with Gasteiger partial charge < -0.3 is 11.5 Å². The molecule has 1 unspecified atom stereocenters. The standard InChI is InChI=1S/C11H13FN4O/c1-5-3-9-8(4-7(5)12)15-11(14)16(9)6(2)10(13)17/h3-4,6H,1-2H3,(H2,13,17)(H2,14,15). The molecule has 90 valence electrons. The number of carbonyl (C=O) groups excluding carboxylic acids is 1. The van der Waals surface area contributed by atoms with E-state index in [1.165, 1.54) is 10.6 Å². The topological polar surface area (TPSA) is 86.9 Å². The number of carbonyl (C=O) groups is 1. The van der Waals surface area contributed by atoms with E-state index in [1.807, 2.05) is 0 Å². The van der Waals surface area contributed by atoms with Gasteiger partial charge in [-0.25, -0.2) is 9.37 Å². The van der Waals surface area contributed by atoms with Crippen LogP contribution in [0.1, 0.15) is 18.5 Å². The summed E-state index contributed by atoms with van der Waals surface area (Å²) < 4.78 is 14.9. The van der Waals surface area contributed by atoms with Crippen molar-refractivity contribution in [3.05, 3.63) is 23.5 Å². The fourth-order valence-electron chi connectivity index (χ4n) is 1.77. The predicted molar refractivity (Wildman–Crippen MR) is 62.7 cm³/mol. The second-order valence-corrected chi connectivity index (χ2v) is 4.01. The van der Waals surface area contributed by atoms with Crippen LogP contribution in [0.3, 0.4) is 0 Å². The first-order valence-electron chi connectivity index (χ1n) is 5.14. The fourth-order valence-corrected chi connectivity index (χ4v) is 1.77.